The van der Waals surface area contributed by atoms with Crippen molar-refractivity contribution >= 4 is 27.5 Å². The van der Waals surface area contributed by atoms with E-state index in [0.29, 0.717) is 0 Å². The highest BCUT2D eigenvalue weighted by atomic mass is 32.2. The minimum atomic E-state index is -3.70. The fourth-order valence-electron chi connectivity index (χ4n) is 1.56. The lowest BCUT2D eigenvalue weighted by molar-refractivity contribution is 0.557. The predicted octanol–water partition coefficient (Wildman–Crippen LogP) is 2.22. The molecular formula is C12H19FN2O2S2. The summed E-state index contributed by atoms with van der Waals surface area (Å²) in [5.41, 5.74) is 5.46. The summed E-state index contributed by atoms with van der Waals surface area (Å²) in [6.45, 7) is 3.85. The molecule has 0 bridgehead atoms. The number of anilines is 1. The second kappa shape index (κ2) is 7.12. The van der Waals surface area contributed by atoms with E-state index in [1.807, 2.05) is 0 Å². The molecule has 7 heteroatoms. The fourth-order valence-corrected chi connectivity index (χ4v) is 3.76. The lowest BCUT2D eigenvalue weighted by atomic mass is 10.3. The van der Waals surface area contributed by atoms with Crippen molar-refractivity contribution in [1.82, 2.24) is 4.72 Å². The summed E-state index contributed by atoms with van der Waals surface area (Å²) in [5, 5.41) is 0. The smallest absolute Gasteiger partial charge is 0.242 e. The van der Waals surface area contributed by atoms with Gasteiger partial charge in [0, 0.05) is 6.04 Å². The average Bonchev–Trinajstić information content (AvgIpc) is 2.27. The van der Waals surface area contributed by atoms with Crippen molar-refractivity contribution in [2.45, 2.75) is 31.2 Å². The van der Waals surface area contributed by atoms with Crippen molar-refractivity contribution in [2.24, 2.45) is 0 Å². The molecule has 0 aromatic heterocycles. The van der Waals surface area contributed by atoms with E-state index in [1.165, 1.54) is 6.07 Å². The van der Waals surface area contributed by atoms with Crippen LogP contribution in [0.15, 0.2) is 23.1 Å². The van der Waals surface area contributed by atoms with Gasteiger partial charge in [-0.25, -0.2) is 17.5 Å². The first kappa shape index (κ1) is 16.3. The minimum Gasteiger partial charge on any atom is -0.398 e. The zero-order valence-corrected chi connectivity index (χ0v) is 12.7. The number of hydrogen-bond acceptors (Lipinski definition) is 4. The number of halogens is 1. The van der Waals surface area contributed by atoms with Crippen LogP contribution in [-0.4, -0.2) is 26.0 Å². The Balaban J connectivity index is 2.75. The first-order chi connectivity index (χ1) is 8.86. The zero-order valence-electron chi connectivity index (χ0n) is 11.0. The van der Waals surface area contributed by atoms with Gasteiger partial charge < -0.3 is 5.73 Å². The van der Waals surface area contributed by atoms with Gasteiger partial charge in [0.2, 0.25) is 10.0 Å². The largest absolute Gasteiger partial charge is 0.398 e. The van der Waals surface area contributed by atoms with Crippen LogP contribution in [0.4, 0.5) is 10.1 Å². The third kappa shape index (κ3) is 5.00. The highest BCUT2D eigenvalue weighted by Gasteiger charge is 2.20. The number of nitrogens with two attached hydrogens (primary N) is 1. The maximum atomic E-state index is 12.9. The van der Waals surface area contributed by atoms with Crippen LogP contribution >= 0.6 is 11.8 Å². The van der Waals surface area contributed by atoms with Crippen LogP contribution in [-0.2, 0) is 10.0 Å². The zero-order chi connectivity index (χ0) is 14.5. The molecule has 1 rings (SSSR count). The molecule has 1 unspecified atom stereocenters. The van der Waals surface area contributed by atoms with E-state index in [-0.39, 0.29) is 16.6 Å². The second-order valence-electron chi connectivity index (χ2n) is 4.19. The third-order valence-electron chi connectivity index (χ3n) is 2.52. The summed E-state index contributed by atoms with van der Waals surface area (Å²) in [6, 6.07) is 3.09. The summed E-state index contributed by atoms with van der Waals surface area (Å²) >= 11 is 1.75. The fraction of sp³-hybridized carbons (Fsp3) is 0.500. The standard InChI is InChI=1S/C12H19FN2O2S2/c1-3-18-7-6-9(2)15-19(16,17)12-5-4-10(13)8-11(12)14/h4-5,8-9,15H,3,6-7,14H2,1-2H3. The van der Waals surface area contributed by atoms with Crippen molar-refractivity contribution in [3.05, 3.63) is 24.0 Å². The molecule has 0 spiro atoms. The van der Waals surface area contributed by atoms with Gasteiger partial charge in [-0.2, -0.15) is 11.8 Å². The van der Waals surface area contributed by atoms with Crippen molar-refractivity contribution in [3.63, 3.8) is 0 Å². The molecule has 0 saturated heterocycles. The molecule has 0 heterocycles. The summed E-state index contributed by atoms with van der Waals surface area (Å²) < 4.78 is 39.6. The molecule has 0 fully saturated rings. The van der Waals surface area contributed by atoms with E-state index in [0.717, 1.165) is 30.1 Å². The molecule has 0 aliphatic carbocycles. The van der Waals surface area contributed by atoms with Gasteiger partial charge in [0.1, 0.15) is 10.7 Å². The van der Waals surface area contributed by atoms with Crippen LogP contribution in [0.25, 0.3) is 0 Å². The van der Waals surface area contributed by atoms with Gasteiger partial charge in [0.25, 0.3) is 0 Å². The van der Waals surface area contributed by atoms with Gasteiger partial charge in [-0.05, 0) is 43.0 Å². The number of hydrogen-bond donors (Lipinski definition) is 2. The summed E-state index contributed by atoms with van der Waals surface area (Å²) in [5.74, 6) is 1.34. The number of thioether (sulfide) groups is 1. The number of nitrogen functional groups attached to an aromatic ring is 1. The van der Waals surface area contributed by atoms with Crippen LogP contribution in [0, 0.1) is 5.82 Å². The monoisotopic (exact) mass is 306 g/mol. The maximum Gasteiger partial charge on any atom is 0.242 e. The average molecular weight is 306 g/mol. The third-order valence-corrected chi connectivity index (χ3v) is 5.11. The van der Waals surface area contributed by atoms with Gasteiger partial charge in [-0.1, -0.05) is 6.92 Å². The van der Waals surface area contributed by atoms with E-state index in [1.54, 1.807) is 18.7 Å². The molecule has 108 valence electrons. The Morgan fingerprint density at radius 2 is 2.16 bits per heavy atom. The summed E-state index contributed by atoms with van der Waals surface area (Å²) in [4.78, 5) is -0.0797. The van der Waals surface area contributed by atoms with Crippen LogP contribution in [0.3, 0.4) is 0 Å². The van der Waals surface area contributed by atoms with Gasteiger partial charge in [0.15, 0.2) is 0 Å². The molecule has 0 aliphatic rings. The summed E-state index contributed by atoms with van der Waals surface area (Å²) in [7, 11) is -3.70. The van der Waals surface area contributed by atoms with Gasteiger partial charge >= 0.3 is 0 Å². The van der Waals surface area contributed by atoms with E-state index in [9.17, 15) is 12.8 Å². The van der Waals surface area contributed by atoms with E-state index in [2.05, 4.69) is 11.6 Å². The maximum absolute atomic E-state index is 12.9. The van der Waals surface area contributed by atoms with E-state index >= 15 is 0 Å². The van der Waals surface area contributed by atoms with Crippen LogP contribution < -0.4 is 10.5 Å². The van der Waals surface area contributed by atoms with E-state index < -0.39 is 15.8 Å². The Labute approximate surface area is 118 Å². The van der Waals surface area contributed by atoms with Crippen LogP contribution in [0.5, 0.6) is 0 Å². The van der Waals surface area contributed by atoms with Gasteiger partial charge in [-0.3, -0.25) is 0 Å². The predicted molar refractivity (Wildman–Crippen MR) is 78.2 cm³/mol. The normalized spacial score (nSPS) is 13.4. The molecule has 1 aromatic rings. The number of sulfonamides is 1. The number of nitrogens with one attached hydrogen (secondary N) is 1. The number of benzene rings is 1. The van der Waals surface area contributed by atoms with E-state index in [4.69, 9.17) is 5.73 Å². The van der Waals surface area contributed by atoms with Crippen molar-refractivity contribution in [3.8, 4) is 0 Å². The van der Waals surface area contributed by atoms with Crippen LogP contribution in [0.2, 0.25) is 0 Å². The molecule has 0 radical (unpaired) electrons. The lowest BCUT2D eigenvalue weighted by Crippen LogP contribution is -2.33. The van der Waals surface area contributed by atoms with Crippen molar-refractivity contribution in [1.29, 1.82) is 0 Å². The second-order valence-corrected chi connectivity index (χ2v) is 7.27. The van der Waals surface area contributed by atoms with Crippen molar-refractivity contribution in [2.75, 3.05) is 17.2 Å². The molecule has 0 amide bonds. The first-order valence-corrected chi connectivity index (χ1v) is 8.65. The molecule has 3 N–H and O–H groups in total. The molecular weight excluding hydrogens is 287 g/mol. The Hall–Kier alpha value is -0.790. The summed E-state index contributed by atoms with van der Waals surface area (Å²) in [6.07, 6.45) is 0.735. The topological polar surface area (TPSA) is 72.2 Å². The minimum absolute atomic E-state index is 0.0797. The van der Waals surface area contributed by atoms with Gasteiger partial charge in [0.05, 0.1) is 5.69 Å². The highest BCUT2D eigenvalue weighted by Crippen LogP contribution is 2.19. The lowest BCUT2D eigenvalue weighted by Gasteiger charge is -2.15. The quantitative estimate of drug-likeness (QED) is 0.598. The molecule has 4 nitrogen and oxygen atoms in total. The number of rotatable bonds is 7. The Bertz CT molecular complexity index is 520. The van der Waals surface area contributed by atoms with Crippen molar-refractivity contribution < 1.29 is 12.8 Å². The van der Waals surface area contributed by atoms with Crippen LogP contribution in [0.1, 0.15) is 20.3 Å². The Morgan fingerprint density at radius 3 is 2.74 bits per heavy atom. The van der Waals surface area contributed by atoms with Gasteiger partial charge in [-0.15, -0.1) is 0 Å². The molecule has 0 aliphatic heterocycles. The highest BCUT2D eigenvalue weighted by molar-refractivity contribution is 7.99. The Morgan fingerprint density at radius 1 is 1.47 bits per heavy atom. The molecule has 1 aromatic carbocycles. The Kier molecular flexibility index (Phi) is 6.09. The molecule has 19 heavy (non-hydrogen) atoms. The SMILES string of the molecule is CCSCCC(C)NS(=O)(=O)c1ccc(F)cc1N. The first-order valence-electron chi connectivity index (χ1n) is 6.02. The molecule has 1 atom stereocenters. The molecule has 0 saturated carbocycles.